The van der Waals surface area contributed by atoms with Crippen molar-refractivity contribution in [3.8, 4) is 5.75 Å². The Morgan fingerprint density at radius 2 is 1.57 bits per heavy atom. The number of rotatable bonds is 5. The first-order chi connectivity index (χ1) is 10.7. The van der Waals surface area contributed by atoms with Crippen LogP contribution in [0.25, 0.3) is 10.9 Å². The van der Waals surface area contributed by atoms with Crippen LogP contribution in [0, 0.1) is 0 Å². The average molecular weight is 332 g/mol. The van der Waals surface area contributed by atoms with Crippen molar-refractivity contribution in [1.29, 1.82) is 0 Å². The highest BCUT2D eigenvalue weighted by Gasteiger charge is 2.45. The Bertz CT molecular complexity index is 679. The lowest BCUT2D eigenvalue weighted by atomic mass is 10.2. The summed E-state index contributed by atoms with van der Waals surface area (Å²) in [4.78, 5) is 11.4. The van der Waals surface area contributed by atoms with Crippen LogP contribution in [0.1, 0.15) is 48.5 Å². The van der Waals surface area contributed by atoms with Crippen molar-refractivity contribution in [2.24, 2.45) is 0 Å². The molecule has 23 heavy (non-hydrogen) atoms. The van der Waals surface area contributed by atoms with E-state index < -0.39 is 8.24 Å². The molecule has 0 atom stereocenters. The zero-order chi connectivity index (χ0) is 17.4. The third-order valence-electron chi connectivity index (χ3n) is 5.14. The van der Waals surface area contributed by atoms with Crippen LogP contribution in [0.2, 0.25) is 16.6 Å². The second-order valence-corrected chi connectivity index (χ2v) is 13.0. The van der Waals surface area contributed by atoms with Gasteiger partial charge in [0.2, 0.25) is 0 Å². The van der Waals surface area contributed by atoms with Gasteiger partial charge in [-0.15, -0.1) is 0 Å². The Balaban J connectivity index is 2.73. The first-order valence-corrected chi connectivity index (χ1v) is 10.7. The molecule has 0 fully saturated rings. The van der Waals surface area contributed by atoms with Gasteiger partial charge in [0.05, 0.1) is 0 Å². The molecule has 0 aliphatic carbocycles. The van der Waals surface area contributed by atoms with Gasteiger partial charge in [-0.2, -0.15) is 0 Å². The van der Waals surface area contributed by atoms with E-state index in [-0.39, 0.29) is 5.97 Å². The van der Waals surface area contributed by atoms with E-state index in [1.165, 1.54) is 12.4 Å². The Kier molecular flexibility index (Phi) is 5.04. The molecule has 0 amide bonds. The highest BCUT2D eigenvalue weighted by Crippen LogP contribution is 2.44. The number of esters is 1. The van der Waals surface area contributed by atoms with Crippen LogP contribution >= 0.6 is 0 Å². The fraction of sp³-hybridized carbons (Fsp3) is 0.526. The van der Waals surface area contributed by atoms with Gasteiger partial charge in [-0.05, 0) is 41.0 Å². The smallest absolute Gasteiger partial charge is 0.308 e. The van der Waals surface area contributed by atoms with Gasteiger partial charge >= 0.3 is 5.97 Å². The topological polar surface area (TPSA) is 31.2 Å². The van der Waals surface area contributed by atoms with Gasteiger partial charge in [0.1, 0.15) is 5.75 Å². The molecule has 4 heteroatoms. The van der Waals surface area contributed by atoms with E-state index in [2.05, 4.69) is 64.1 Å². The van der Waals surface area contributed by atoms with Crippen LogP contribution in [-0.2, 0) is 4.79 Å². The molecule has 2 aromatic rings. The molecule has 126 valence electrons. The molecule has 0 radical (unpaired) electrons. The monoisotopic (exact) mass is 331 g/mol. The number of nitrogens with zero attached hydrogens (tertiary/aromatic N) is 1. The predicted molar refractivity (Wildman–Crippen MR) is 99.7 cm³/mol. The highest BCUT2D eigenvalue weighted by molar-refractivity contribution is 6.82. The molecular weight excluding hydrogens is 302 g/mol. The molecule has 1 aromatic carbocycles. The van der Waals surface area contributed by atoms with Gasteiger partial charge in [-0.1, -0.05) is 47.6 Å². The quantitative estimate of drug-likeness (QED) is 0.406. The molecule has 1 heterocycles. The van der Waals surface area contributed by atoms with Crippen LogP contribution in [0.3, 0.4) is 0 Å². The molecule has 0 N–H and O–H groups in total. The molecule has 2 rings (SSSR count). The Hall–Kier alpha value is -1.55. The van der Waals surface area contributed by atoms with Crippen molar-refractivity contribution < 1.29 is 9.53 Å². The lowest BCUT2D eigenvalue weighted by Crippen LogP contribution is -2.51. The van der Waals surface area contributed by atoms with Gasteiger partial charge in [-0.3, -0.25) is 4.79 Å². The van der Waals surface area contributed by atoms with E-state index in [1.807, 2.05) is 12.1 Å². The summed E-state index contributed by atoms with van der Waals surface area (Å²) in [7, 11) is -1.80. The number of fused-ring (bicyclic) bond motifs is 1. The Morgan fingerprint density at radius 3 is 2.04 bits per heavy atom. The fourth-order valence-corrected chi connectivity index (χ4v) is 11.2. The van der Waals surface area contributed by atoms with Crippen LogP contribution in [0.4, 0.5) is 0 Å². The second kappa shape index (κ2) is 6.52. The lowest BCUT2D eigenvalue weighted by Gasteiger charge is -2.44. The van der Waals surface area contributed by atoms with Gasteiger partial charge < -0.3 is 8.97 Å². The van der Waals surface area contributed by atoms with Crippen molar-refractivity contribution in [1.82, 2.24) is 4.23 Å². The Morgan fingerprint density at radius 1 is 1.00 bits per heavy atom. The van der Waals surface area contributed by atoms with Crippen molar-refractivity contribution in [3.63, 3.8) is 0 Å². The van der Waals surface area contributed by atoms with Crippen LogP contribution in [0.5, 0.6) is 5.75 Å². The van der Waals surface area contributed by atoms with Crippen molar-refractivity contribution >= 4 is 25.1 Å². The molecule has 0 aliphatic rings. The van der Waals surface area contributed by atoms with E-state index in [0.29, 0.717) is 22.4 Å². The molecular formula is C19H29NO2Si. The summed E-state index contributed by atoms with van der Waals surface area (Å²) in [5, 5.41) is 1.03. The number of carbonyl (C=O) groups excluding carboxylic acids is 1. The van der Waals surface area contributed by atoms with E-state index in [4.69, 9.17) is 4.74 Å². The minimum absolute atomic E-state index is 0.273. The summed E-state index contributed by atoms with van der Waals surface area (Å²) in [6.45, 7) is 15.6. The van der Waals surface area contributed by atoms with Crippen molar-refractivity contribution in [2.75, 3.05) is 0 Å². The molecule has 0 saturated carbocycles. The van der Waals surface area contributed by atoms with E-state index >= 15 is 0 Å². The van der Waals surface area contributed by atoms with Crippen LogP contribution in [0.15, 0.2) is 30.5 Å². The summed E-state index contributed by atoms with van der Waals surface area (Å²) < 4.78 is 7.94. The maximum Gasteiger partial charge on any atom is 0.308 e. The number of ether oxygens (including phenoxy) is 1. The normalized spacial score (nSPS) is 12.6. The highest BCUT2D eigenvalue weighted by atomic mass is 28.3. The summed E-state index contributed by atoms with van der Waals surface area (Å²) in [5.74, 6) is 0.387. The van der Waals surface area contributed by atoms with Gasteiger partial charge in [0.25, 0.3) is 0 Å². The first kappa shape index (κ1) is 17.8. The van der Waals surface area contributed by atoms with E-state index in [1.54, 1.807) is 0 Å². The summed E-state index contributed by atoms with van der Waals surface area (Å²) >= 11 is 0. The van der Waals surface area contributed by atoms with Gasteiger partial charge in [0.15, 0.2) is 8.24 Å². The maximum atomic E-state index is 11.4. The minimum atomic E-state index is -1.80. The molecule has 0 spiro atoms. The molecule has 0 bridgehead atoms. The third-order valence-corrected chi connectivity index (χ3v) is 11.9. The molecule has 0 saturated heterocycles. The number of hydrogen-bond donors (Lipinski definition) is 0. The molecule has 0 aliphatic heterocycles. The van der Waals surface area contributed by atoms with E-state index in [0.717, 1.165) is 5.39 Å². The molecule has 3 nitrogen and oxygen atoms in total. The molecule has 1 aromatic heterocycles. The zero-order valence-corrected chi connectivity index (χ0v) is 16.4. The lowest BCUT2D eigenvalue weighted by molar-refractivity contribution is -0.131. The first-order valence-electron chi connectivity index (χ1n) is 8.51. The van der Waals surface area contributed by atoms with Crippen LogP contribution in [-0.4, -0.2) is 18.4 Å². The number of carbonyl (C=O) groups is 1. The Labute approximate surface area is 140 Å². The maximum absolute atomic E-state index is 11.4. The zero-order valence-electron chi connectivity index (χ0n) is 15.4. The largest absolute Gasteiger partial charge is 0.426 e. The second-order valence-electron chi connectivity index (χ2n) is 7.32. The SMILES string of the molecule is CC(=O)Oc1cccc2c1ccn2[Si](C(C)C)(C(C)C)C(C)C. The summed E-state index contributed by atoms with van der Waals surface area (Å²) in [5.41, 5.74) is 3.05. The van der Waals surface area contributed by atoms with Crippen molar-refractivity contribution in [2.45, 2.75) is 65.1 Å². The standard InChI is InChI=1S/C19H29NO2Si/c1-13(2)23(14(3)4,15(5)6)20-12-11-17-18(20)9-8-10-19(17)22-16(7)21/h8-15H,1-7H3. The predicted octanol–water partition coefficient (Wildman–Crippen LogP) is 5.59. The molecule has 0 unspecified atom stereocenters. The number of hydrogen-bond acceptors (Lipinski definition) is 2. The fourth-order valence-electron chi connectivity index (χ4n) is 4.56. The van der Waals surface area contributed by atoms with Gasteiger partial charge in [0, 0.05) is 17.8 Å². The summed E-state index contributed by atoms with van der Waals surface area (Å²) in [6, 6.07) is 8.11. The summed E-state index contributed by atoms with van der Waals surface area (Å²) in [6.07, 6.45) is 2.21. The van der Waals surface area contributed by atoms with Crippen molar-refractivity contribution in [3.05, 3.63) is 30.5 Å². The third kappa shape index (κ3) is 2.85. The average Bonchev–Trinajstić information content (AvgIpc) is 2.83. The number of aromatic nitrogens is 1. The van der Waals surface area contributed by atoms with Crippen LogP contribution < -0.4 is 4.74 Å². The minimum Gasteiger partial charge on any atom is -0.426 e. The number of benzene rings is 1. The van der Waals surface area contributed by atoms with Gasteiger partial charge in [-0.25, -0.2) is 0 Å². The van der Waals surface area contributed by atoms with E-state index in [9.17, 15) is 4.79 Å².